The van der Waals surface area contributed by atoms with Crippen molar-refractivity contribution in [3.05, 3.63) is 35.4 Å². The summed E-state index contributed by atoms with van der Waals surface area (Å²) in [5.74, 6) is 0.759. The fourth-order valence-corrected chi connectivity index (χ4v) is 4.46. The summed E-state index contributed by atoms with van der Waals surface area (Å²) in [5.41, 5.74) is 2.38. The summed E-state index contributed by atoms with van der Waals surface area (Å²) in [7, 11) is -3.12. The summed E-state index contributed by atoms with van der Waals surface area (Å²) in [6.45, 7) is 4.64. The number of carbonyl (C=O) groups excluding carboxylic acids is 1. The van der Waals surface area contributed by atoms with Crippen molar-refractivity contribution in [3.63, 3.8) is 0 Å². The molecule has 23 heavy (non-hydrogen) atoms. The predicted molar refractivity (Wildman–Crippen MR) is 89.8 cm³/mol. The Morgan fingerprint density at radius 3 is 2.74 bits per heavy atom. The number of sulfone groups is 1. The van der Waals surface area contributed by atoms with Gasteiger partial charge in [-0.25, -0.2) is 8.42 Å². The number of nitrogens with one attached hydrogen (secondary N) is 1. The molecular weight excluding hydrogens is 312 g/mol. The van der Waals surface area contributed by atoms with Crippen molar-refractivity contribution in [1.29, 1.82) is 0 Å². The average Bonchev–Trinajstić information content (AvgIpc) is 3.05. The summed E-state index contributed by atoms with van der Waals surface area (Å²) < 4.78 is 22.7. The predicted octanol–water partition coefficient (Wildman–Crippen LogP) is 1.15. The Bertz CT molecular complexity index is 702. The van der Waals surface area contributed by atoms with Crippen LogP contribution in [0.15, 0.2) is 24.3 Å². The molecule has 0 spiro atoms. The second-order valence-corrected chi connectivity index (χ2v) is 9.07. The molecule has 0 radical (unpaired) electrons. The fourth-order valence-electron chi connectivity index (χ4n) is 3.91. The zero-order chi connectivity index (χ0) is 16.6. The van der Waals surface area contributed by atoms with Crippen molar-refractivity contribution in [2.45, 2.75) is 19.4 Å². The van der Waals surface area contributed by atoms with E-state index in [0.717, 1.165) is 19.6 Å². The summed E-state index contributed by atoms with van der Waals surface area (Å²) in [5, 5.41) is 3.43. The van der Waals surface area contributed by atoms with Gasteiger partial charge in [-0.1, -0.05) is 24.3 Å². The normalized spacial score (nSPS) is 27.2. The van der Waals surface area contributed by atoms with E-state index in [0.29, 0.717) is 11.8 Å². The average molecular weight is 336 g/mol. The number of aryl methyl sites for hydroxylation is 1. The maximum Gasteiger partial charge on any atom is 0.224 e. The third-order valence-corrected chi connectivity index (χ3v) is 6.02. The lowest BCUT2D eigenvalue weighted by Gasteiger charge is -2.29. The standard InChI is InChI=1S/C17H24N2O3S/c1-12-5-3-4-6-14(12)17-15-10-18-9-13(15)11-19(17)16(20)7-8-23(2,21)22/h3-6,13,15,17-18H,7-11H2,1-2H3/t13-,15-,17-/m0/s1. The number of nitrogens with zero attached hydrogens (tertiary/aromatic N) is 1. The number of hydrogen-bond acceptors (Lipinski definition) is 4. The molecule has 2 heterocycles. The third kappa shape index (κ3) is 3.43. The molecule has 0 bridgehead atoms. The molecule has 5 nitrogen and oxygen atoms in total. The number of likely N-dealkylation sites (tertiary alicyclic amines) is 1. The van der Waals surface area contributed by atoms with Crippen LogP contribution >= 0.6 is 0 Å². The molecule has 1 amide bonds. The molecule has 6 heteroatoms. The molecule has 3 rings (SSSR count). The van der Waals surface area contributed by atoms with Gasteiger partial charge < -0.3 is 10.2 Å². The Labute approximate surface area is 138 Å². The van der Waals surface area contributed by atoms with Gasteiger partial charge in [0, 0.05) is 38.2 Å². The van der Waals surface area contributed by atoms with Crippen molar-refractivity contribution >= 4 is 15.7 Å². The first-order valence-electron chi connectivity index (χ1n) is 8.10. The van der Waals surface area contributed by atoms with E-state index in [1.54, 1.807) is 0 Å². The van der Waals surface area contributed by atoms with Crippen LogP contribution in [0.5, 0.6) is 0 Å². The van der Waals surface area contributed by atoms with Crippen LogP contribution in [0.1, 0.15) is 23.6 Å². The van der Waals surface area contributed by atoms with E-state index in [-0.39, 0.29) is 24.1 Å². The summed E-state index contributed by atoms with van der Waals surface area (Å²) in [6, 6.07) is 8.25. The lowest BCUT2D eigenvalue weighted by molar-refractivity contribution is -0.132. The molecule has 1 aromatic rings. The highest BCUT2D eigenvalue weighted by molar-refractivity contribution is 7.90. The molecule has 1 N–H and O–H groups in total. The molecule has 126 valence electrons. The van der Waals surface area contributed by atoms with Crippen molar-refractivity contribution in [2.75, 3.05) is 31.6 Å². The van der Waals surface area contributed by atoms with Crippen molar-refractivity contribution in [2.24, 2.45) is 11.8 Å². The van der Waals surface area contributed by atoms with Gasteiger partial charge in [0.15, 0.2) is 0 Å². The van der Waals surface area contributed by atoms with Gasteiger partial charge in [0.1, 0.15) is 9.84 Å². The highest BCUT2D eigenvalue weighted by Gasteiger charge is 2.46. The molecule has 0 aromatic heterocycles. The molecule has 3 atom stereocenters. The van der Waals surface area contributed by atoms with Crippen LogP contribution in [0, 0.1) is 18.8 Å². The van der Waals surface area contributed by atoms with Gasteiger partial charge in [0.25, 0.3) is 0 Å². The lowest BCUT2D eigenvalue weighted by Crippen LogP contribution is -2.35. The molecule has 2 saturated heterocycles. The molecule has 1 aromatic carbocycles. The molecule has 0 saturated carbocycles. The van der Waals surface area contributed by atoms with Gasteiger partial charge >= 0.3 is 0 Å². The monoisotopic (exact) mass is 336 g/mol. The van der Waals surface area contributed by atoms with Crippen molar-refractivity contribution < 1.29 is 13.2 Å². The Balaban J connectivity index is 1.86. The van der Waals surface area contributed by atoms with Crippen LogP contribution in [0.3, 0.4) is 0 Å². The van der Waals surface area contributed by atoms with E-state index in [9.17, 15) is 13.2 Å². The van der Waals surface area contributed by atoms with Gasteiger partial charge in [0.2, 0.25) is 5.91 Å². The van der Waals surface area contributed by atoms with Crippen LogP contribution < -0.4 is 5.32 Å². The fraction of sp³-hybridized carbons (Fsp3) is 0.588. The number of amides is 1. The molecule has 2 aliphatic heterocycles. The summed E-state index contributed by atoms with van der Waals surface area (Å²) >= 11 is 0. The van der Waals surface area contributed by atoms with E-state index < -0.39 is 9.84 Å². The van der Waals surface area contributed by atoms with E-state index in [1.807, 2.05) is 17.0 Å². The Kier molecular flexibility index (Phi) is 4.47. The summed E-state index contributed by atoms with van der Waals surface area (Å²) in [6.07, 6.45) is 1.26. The van der Waals surface area contributed by atoms with Crippen LogP contribution in [0.4, 0.5) is 0 Å². The van der Waals surface area contributed by atoms with Crippen molar-refractivity contribution in [1.82, 2.24) is 10.2 Å². The number of hydrogen-bond donors (Lipinski definition) is 1. The maximum atomic E-state index is 12.7. The largest absolute Gasteiger partial charge is 0.335 e. The lowest BCUT2D eigenvalue weighted by atomic mass is 9.87. The van der Waals surface area contributed by atoms with Gasteiger partial charge in [-0.3, -0.25) is 4.79 Å². The summed E-state index contributed by atoms with van der Waals surface area (Å²) in [4.78, 5) is 14.6. The number of carbonyl (C=O) groups is 1. The molecule has 2 aliphatic rings. The van der Waals surface area contributed by atoms with E-state index in [4.69, 9.17) is 0 Å². The minimum absolute atomic E-state index is 0.0434. The second kappa shape index (κ2) is 6.24. The van der Waals surface area contributed by atoms with E-state index in [1.165, 1.54) is 17.4 Å². The van der Waals surface area contributed by atoms with E-state index >= 15 is 0 Å². The Morgan fingerprint density at radius 2 is 2.04 bits per heavy atom. The highest BCUT2D eigenvalue weighted by atomic mass is 32.2. The van der Waals surface area contributed by atoms with Crippen molar-refractivity contribution in [3.8, 4) is 0 Å². The van der Waals surface area contributed by atoms with E-state index in [2.05, 4.69) is 24.4 Å². The molecule has 2 fully saturated rings. The zero-order valence-corrected chi connectivity index (χ0v) is 14.5. The van der Waals surface area contributed by atoms with Gasteiger partial charge in [0.05, 0.1) is 11.8 Å². The Hall–Kier alpha value is -1.40. The number of fused-ring (bicyclic) bond motifs is 1. The van der Waals surface area contributed by atoms with Crippen LogP contribution in [-0.2, 0) is 14.6 Å². The quantitative estimate of drug-likeness (QED) is 0.896. The van der Waals surface area contributed by atoms with Crippen LogP contribution in [-0.4, -0.2) is 50.9 Å². The topological polar surface area (TPSA) is 66.5 Å². The maximum absolute atomic E-state index is 12.7. The second-order valence-electron chi connectivity index (χ2n) is 6.81. The highest BCUT2D eigenvalue weighted by Crippen LogP contribution is 2.43. The van der Waals surface area contributed by atoms with Gasteiger partial charge in [-0.05, 0) is 24.0 Å². The minimum atomic E-state index is -3.12. The van der Waals surface area contributed by atoms with Crippen LogP contribution in [0.25, 0.3) is 0 Å². The number of rotatable bonds is 4. The molecule has 0 unspecified atom stereocenters. The first kappa shape index (κ1) is 16.5. The minimum Gasteiger partial charge on any atom is -0.335 e. The van der Waals surface area contributed by atoms with Crippen LogP contribution in [0.2, 0.25) is 0 Å². The van der Waals surface area contributed by atoms with Gasteiger partial charge in [-0.2, -0.15) is 0 Å². The first-order chi connectivity index (χ1) is 10.9. The number of benzene rings is 1. The third-order valence-electron chi connectivity index (χ3n) is 5.08. The zero-order valence-electron chi connectivity index (χ0n) is 13.7. The SMILES string of the molecule is Cc1ccccc1[C@H]1[C@H]2CNC[C@H]2CN1C(=O)CCS(C)(=O)=O. The smallest absolute Gasteiger partial charge is 0.224 e. The van der Waals surface area contributed by atoms with Gasteiger partial charge in [-0.15, -0.1) is 0 Å². The first-order valence-corrected chi connectivity index (χ1v) is 10.2. The molecular formula is C17H24N2O3S. The Morgan fingerprint density at radius 1 is 1.30 bits per heavy atom. The molecule has 0 aliphatic carbocycles.